The van der Waals surface area contributed by atoms with E-state index in [-0.39, 0.29) is 11.8 Å². The summed E-state index contributed by atoms with van der Waals surface area (Å²) in [5, 5.41) is 11.1. The molecule has 4 aromatic rings. The maximum absolute atomic E-state index is 15.1. The molecule has 1 aliphatic rings. The van der Waals surface area contributed by atoms with Gasteiger partial charge in [0.15, 0.2) is 5.15 Å². The average molecular weight is 492 g/mol. The molecule has 0 bridgehead atoms. The first-order valence-electron chi connectivity index (χ1n) is 11.3. The van der Waals surface area contributed by atoms with E-state index in [1.54, 1.807) is 36.0 Å². The third-order valence-corrected chi connectivity index (χ3v) is 6.54. The molecule has 2 amide bonds. The van der Waals surface area contributed by atoms with Crippen LogP contribution < -0.4 is 10.6 Å². The number of para-hydroxylation sites is 1. The quantitative estimate of drug-likeness (QED) is 0.410. The third-order valence-electron chi connectivity index (χ3n) is 6.26. The number of amides is 2. The fraction of sp³-hybridized carbons (Fsp3) is 0.231. The van der Waals surface area contributed by atoms with Crippen molar-refractivity contribution < 1.29 is 14.0 Å². The fourth-order valence-corrected chi connectivity index (χ4v) is 4.37. The van der Waals surface area contributed by atoms with Crippen LogP contribution in [0.2, 0.25) is 5.15 Å². The first-order valence-corrected chi connectivity index (χ1v) is 11.6. The lowest BCUT2D eigenvalue weighted by Crippen LogP contribution is -2.49. The van der Waals surface area contributed by atoms with Crippen LogP contribution in [0.1, 0.15) is 47.3 Å². The molecule has 7 nitrogen and oxygen atoms in total. The van der Waals surface area contributed by atoms with E-state index in [1.807, 2.05) is 31.2 Å². The summed E-state index contributed by atoms with van der Waals surface area (Å²) < 4.78 is 16.7. The third kappa shape index (κ3) is 4.37. The number of nitrogens with zero attached hydrogens (tertiary/aromatic N) is 3. The van der Waals surface area contributed by atoms with Crippen molar-refractivity contribution in [2.45, 2.75) is 38.3 Å². The van der Waals surface area contributed by atoms with Gasteiger partial charge in [-0.05, 0) is 62.6 Å². The molecule has 0 radical (unpaired) electrons. The highest BCUT2D eigenvalue weighted by Crippen LogP contribution is 2.37. The molecule has 2 aromatic heterocycles. The summed E-state index contributed by atoms with van der Waals surface area (Å²) in [5.74, 6) is -1.18. The molecular weight excluding hydrogens is 469 g/mol. The second-order valence-electron chi connectivity index (χ2n) is 8.91. The van der Waals surface area contributed by atoms with Gasteiger partial charge in [0.1, 0.15) is 11.4 Å². The highest BCUT2D eigenvalue weighted by atomic mass is 35.5. The summed E-state index contributed by atoms with van der Waals surface area (Å²) in [5.41, 5.74) is 1.87. The Bertz CT molecular complexity index is 1460. The largest absolute Gasteiger partial charge is 0.347 e. The molecule has 1 saturated carbocycles. The molecular formula is C26H23ClFN5O2. The monoisotopic (exact) mass is 491 g/mol. The number of nitrogens with one attached hydrogen (secondary N) is 2. The summed E-state index contributed by atoms with van der Waals surface area (Å²) in [6, 6.07) is 13.3. The molecule has 2 N–H and O–H groups in total. The lowest BCUT2D eigenvalue weighted by molar-refractivity contribution is -0.124. The number of hydrogen-bond acceptors (Lipinski definition) is 4. The lowest BCUT2D eigenvalue weighted by atomic mass is 10.1. The maximum atomic E-state index is 15.1. The van der Waals surface area contributed by atoms with Crippen LogP contribution in [-0.4, -0.2) is 32.1 Å². The molecule has 0 unspecified atom stereocenters. The van der Waals surface area contributed by atoms with Gasteiger partial charge in [-0.1, -0.05) is 29.8 Å². The molecule has 9 heteroatoms. The van der Waals surface area contributed by atoms with Gasteiger partial charge in [0.05, 0.1) is 22.8 Å². The van der Waals surface area contributed by atoms with Gasteiger partial charge < -0.3 is 10.6 Å². The number of rotatable bonds is 6. The molecule has 2 heterocycles. The van der Waals surface area contributed by atoms with E-state index in [0.717, 1.165) is 16.5 Å². The van der Waals surface area contributed by atoms with Gasteiger partial charge >= 0.3 is 0 Å². The van der Waals surface area contributed by atoms with E-state index in [1.165, 1.54) is 12.3 Å². The summed E-state index contributed by atoms with van der Waals surface area (Å²) in [6.45, 7) is 3.55. The van der Waals surface area contributed by atoms with Crippen LogP contribution in [0.5, 0.6) is 0 Å². The minimum absolute atomic E-state index is 0.328. The molecule has 5 rings (SSSR count). The minimum atomic E-state index is -0.990. The van der Waals surface area contributed by atoms with Gasteiger partial charge in [-0.25, -0.2) is 9.07 Å². The zero-order chi connectivity index (χ0) is 24.7. The van der Waals surface area contributed by atoms with E-state index >= 15 is 4.39 Å². The predicted molar refractivity (Wildman–Crippen MR) is 131 cm³/mol. The van der Waals surface area contributed by atoms with Gasteiger partial charge in [0.25, 0.3) is 5.91 Å². The second-order valence-corrected chi connectivity index (χ2v) is 9.27. The van der Waals surface area contributed by atoms with E-state index in [0.29, 0.717) is 34.8 Å². The van der Waals surface area contributed by atoms with Crippen molar-refractivity contribution in [1.29, 1.82) is 0 Å². The zero-order valence-corrected chi connectivity index (χ0v) is 19.9. The number of aromatic nitrogens is 3. The van der Waals surface area contributed by atoms with E-state index < -0.39 is 17.4 Å². The van der Waals surface area contributed by atoms with Gasteiger partial charge in [0.2, 0.25) is 5.91 Å². The van der Waals surface area contributed by atoms with Gasteiger partial charge in [-0.3, -0.25) is 14.6 Å². The summed E-state index contributed by atoms with van der Waals surface area (Å²) in [7, 11) is 0. The Labute approximate surface area is 206 Å². The zero-order valence-electron chi connectivity index (χ0n) is 19.2. The molecule has 1 aliphatic carbocycles. The summed E-state index contributed by atoms with van der Waals surface area (Å²) in [6.07, 6.45) is 4.16. The van der Waals surface area contributed by atoms with Crippen molar-refractivity contribution in [2.75, 3.05) is 0 Å². The molecule has 0 spiro atoms. The Morgan fingerprint density at radius 3 is 2.63 bits per heavy atom. The van der Waals surface area contributed by atoms with Crippen LogP contribution in [0.3, 0.4) is 0 Å². The number of halogens is 2. The first kappa shape index (κ1) is 23.0. The first-order chi connectivity index (χ1) is 16.8. The fourth-order valence-electron chi connectivity index (χ4n) is 4.14. The Morgan fingerprint density at radius 2 is 1.91 bits per heavy atom. The second kappa shape index (κ2) is 8.78. The molecule has 35 heavy (non-hydrogen) atoms. The van der Waals surface area contributed by atoms with E-state index in [2.05, 4.69) is 20.7 Å². The Morgan fingerprint density at radius 1 is 1.14 bits per heavy atom. The van der Waals surface area contributed by atoms with Crippen molar-refractivity contribution in [2.24, 2.45) is 0 Å². The smallest absolute Gasteiger partial charge is 0.253 e. The van der Waals surface area contributed by atoms with Gasteiger partial charge in [0, 0.05) is 23.3 Å². The van der Waals surface area contributed by atoms with Crippen LogP contribution in [0.15, 0.2) is 60.9 Å². The highest BCUT2D eigenvalue weighted by Gasteiger charge is 2.51. The standard InChI is InChI=1S/C26H23ClFN5O2/c1-15-11-17(14-29-13-15)24(34)31-26(9-10-26)25(35)30-16(2)19-8-7-18(12-21(19)28)33-22-6-4-3-5-20(22)23(27)32-33/h3-8,11-14,16H,9-10H2,1-2H3,(H,30,35)(H,31,34)/t16-/m1/s1. The molecule has 1 atom stereocenters. The highest BCUT2D eigenvalue weighted by molar-refractivity contribution is 6.34. The Kier molecular flexibility index (Phi) is 5.76. The predicted octanol–water partition coefficient (Wildman–Crippen LogP) is 4.66. The van der Waals surface area contributed by atoms with E-state index in [4.69, 9.17) is 11.6 Å². The van der Waals surface area contributed by atoms with Crippen LogP contribution >= 0.6 is 11.6 Å². The van der Waals surface area contributed by atoms with Crippen LogP contribution in [0.4, 0.5) is 4.39 Å². The average Bonchev–Trinajstić information content (AvgIpc) is 3.55. The maximum Gasteiger partial charge on any atom is 0.253 e. The Hall–Kier alpha value is -3.78. The molecule has 1 fully saturated rings. The van der Waals surface area contributed by atoms with Crippen LogP contribution in [0, 0.1) is 12.7 Å². The number of carbonyl (C=O) groups excluding carboxylic acids is 2. The summed E-state index contributed by atoms with van der Waals surface area (Å²) >= 11 is 6.23. The Balaban J connectivity index is 1.31. The van der Waals surface area contributed by atoms with Crippen molar-refractivity contribution >= 4 is 34.3 Å². The minimum Gasteiger partial charge on any atom is -0.347 e. The SMILES string of the molecule is Cc1cncc(C(=O)NC2(C(=O)N[C@H](C)c3ccc(-n4nc(Cl)c5ccccc54)cc3F)CC2)c1. The molecule has 0 saturated heterocycles. The van der Waals surface area contributed by atoms with Gasteiger partial charge in [-0.15, -0.1) is 0 Å². The topological polar surface area (TPSA) is 88.9 Å². The van der Waals surface area contributed by atoms with Crippen molar-refractivity contribution in [3.63, 3.8) is 0 Å². The number of carbonyl (C=O) groups is 2. The summed E-state index contributed by atoms with van der Waals surface area (Å²) in [4.78, 5) is 29.7. The number of benzene rings is 2. The van der Waals surface area contributed by atoms with Crippen LogP contribution in [0.25, 0.3) is 16.6 Å². The lowest BCUT2D eigenvalue weighted by Gasteiger charge is -2.21. The van der Waals surface area contributed by atoms with Crippen molar-refractivity contribution in [3.8, 4) is 5.69 Å². The number of hydrogen-bond donors (Lipinski definition) is 2. The molecule has 2 aromatic carbocycles. The van der Waals surface area contributed by atoms with Gasteiger partial charge in [-0.2, -0.15) is 5.10 Å². The number of aryl methyl sites for hydroxylation is 1. The van der Waals surface area contributed by atoms with E-state index in [9.17, 15) is 9.59 Å². The molecule has 0 aliphatic heterocycles. The molecule has 178 valence electrons. The van der Waals surface area contributed by atoms with Crippen molar-refractivity contribution in [1.82, 2.24) is 25.4 Å². The van der Waals surface area contributed by atoms with Crippen LogP contribution in [-0.2, 0) is 4.79 Å². The number of fused-ring (bicyclic) bond motifs is 1. The number of pyridine rings is 1. The van der Waals surface area contributed by atoms with Crippen molar-refractivity contribution in [3.05, 3.63) is 88.6 Å². The normalized spacial score (nSPS) is 15.0.